The molecule has 0 aliphatic heterocycles. The van der Waals surface area contributed by atoms with Crippen molar-refractivity contribution in [2.75, 3.05) is 17.2 Å². The molecule has 0 saturated carbocycles. The number of rotatable bonds is 6. The Morgan fingerprint density at radius 2 is 1.55 bits per heavy atom. The minimum atomic E-state index is -4.55. The van der Waals surface area contributed by atoms with Crippen molar-refractivity contribution in [1.82, 2.24) is 4.98 Å². The van der Waals surface area contributed by atoms with Gasteiger partial charge in [0.15, 0.2) is 0 Å². The highest BCUT2D eigenvalue weighted by Gasteiger charge is 2.33. The molecule has 3 aromatic carbocycles. The van der Waals surface area contributed by atoms with Crippen molar-refractivity contribution in [1.29, 1.82) is 5.41 Å². The van der Waals surface area contributed by atoms with Crippen LogP contribution in [0.1, 0.15) is 17.0 Å². The van der Waals surface area contributed by atoms with Crippen molar-refractivity contribution in [2.24, 2.45) is 10.7 Å². The summed E-state index contributed by atoms with van der Waals surface area (Å²) in [6.07, 6.45) is -2.88. The number of benzene rings is 3. The Balaban J connectivity index is 1.42. The maximum absolute atomic E-state index is 13.2. The molecule has 0 spiro atoms. The molecule has 6 N–H and O–H groups in total. The summed E-state index contributed by atoms with van der Waals surface area (Å²) in [6.45, 7) is 0.184. The molecule has 194 valence electrons. The van der Waals surface area contributed by atoms with Crippen LogP contribution in [0.4, 0.5) is 24.5 Å². The zero-order valence-electron chi connectivity index (χ0n) is 20.1. The fourth-order valence-electron chi connectivity index (χ4n) is 3.84. The lowest BCUT2D eigenvalue weighted by molar-refractivity contribution is -0.136. The highest BCUT2D eigenvalue weighted by Crippen LogP contribution is 2.34. The smallest absolute Gasteiger partial charge is 0.346 e. The monoisotopic (exact) mass is 518 g/mol. The number of halogens is 3. The van der Waals surface area contributed by atoms with Gasteiger partial charge in [-0.25, -0.2) is 0 Å². The van der Waals surface area contributed by atoms with Crippen molar-refractivity contribution >= 4 is 23.2 Å². The number of anilines is 2. The second-order valence-corrected chi connectivity index (χ2v) is 8.36. The molecule has 7 nitrogen and oxygen atoms in total. The summed E-state index contributed by atoms with van der Waals surface area (Å²) in [5.41, 5.74) is 8.13. The summed E-state index contributed by atoms with van der Waals surface area (Å²) in [4.78, 5) is 19.7. The molecule has 4 rings (SSSR count). The highest BCUT2D eigenvalue weighted by atomic mass is 19.4. The van der Waals surface area contributed by atoms with Crippen LogP contribution in [0.5, 0.6) is 0 Å². The summed E-state index contributed by atoms with van der Waals surface area (Å²) >= 11 is 0. The Morgan fingerprint density at radius 3 is 2.18 bits per heavy atom. The Hall–Kier alpha value is -4.70. The first-order chi connectivity index (χ1) is 18.2. The van der Waals surface area contributed by atoms with E-state index < -0.39 is 23.6 Å². The number of hydrogen-bond donors (Lipinski definition) is 5. The van der Waals surface area contributed by atoms with Gasteiger partial charge in [0.25, 0.3) is 0 Å². The van der Waals surface area contributed by atoms with Crippen molar-refractivity contribution in [2.45, 2.75) is 12.1 Å². The quantitative estimate of drug-likeness (QED) is 0.175. The second kappa shape index (κ2) is 11.6. The molecule has 0 bridgehead atoms. The number of nitrogens with zero attached hydrogens (tertiary/aromatic N) is 1. The fraction of sp³-hybridized carbons (Fsp3) is 0.107. The predicted molar refractivity (Wildman–Crippen MR) is 141 cm³/mol. The van der Waals surface area contributed by atoms with Crippen molar-refractivity contribution in [3.63, 3.8) is 0 Å². The van der Waals surface area contributed by atoms with Crippen LogP contribution in [0.15, 0.2) is 102 Å². The summed E-state index contributed by atoms with van der Waals surface area (Å²) in [7, 11) is 0. The van der Waals surface area contributed by atoms with Crippen LogP contribution in [0.2, 0.25) is 0 Å². The van der Waals surface area contributed by atoms with Gasteiger partial charge in [-0.1, -0.05) is 54.6 Å². The molecule has 1 amide bonds. The molecule has 38 heavy (non-hydrogen) atoms. The van der Waals surface area contributed by atoms with Gasteiger partial charge >= 0.3 is 6.18 Å². The number of aromatic nitrogens is 1. The second-order valence-electron chi connectivity index (χ2n) is 8.36. The van der Waals surface area contributed by atoms with Crippen LogP contribution < -0.4 is 21.9 Å². The average Bonchev–Trinajstić information content (AvgIpc) is 2.90. The van der Waals surface area contributed by atoms with Crippen LogP contribution >= 0.6 is 0 Å². The number of carbonyl (C=O) groups is 1. The van der Waals surface area contributed by atoms with Crippen LogP contribution in [-0.2, 0) is 11.0 Å². The largest absolute Gasteiger partial charge is 0.418 e. The summed E-state index contributed by atoms with van der Waals surface area (Å²) < 4.78 is 39.5. The van der Waals surface area contributed by atoms with Gasteiger partial charge in [-0.3, -0.25) is 10.2 Å². The van der Waals surface area contributed by atoms with E-state index in [1.54, 1.807) is 30.5 Å². The third-order valence-electron chi connectivity index (χ3n) is 5.75. The molecule has 0 saturated heterocycles. The van der Waals surface area contributed by atoms with E-state index in [4.69, 9.17) is 11.1 Å². The Kier molecular flexibility index (Phi) is 8.03. The molecule has 0 aliphatic carbocycles. The van der Waals surface area contributed by atoms with E-state index in [1.165, 1.54) is 18.2 Å². The van der Waals surface area contributed by atoms with Crippen LogP contribution in [0.25, 0.3) is 11.1 Å². The van der Waals surface area contributed by atoms with Crippen molar-refractivity contribution in [3.05, 3.63) is 114 Å². The summed E-state index contributed by atoms with van der Waals surface area (Å²) in [6, 6.07) is 24.9. The number of alkyl halides is 3. The van der Waals surface area contributed by atoms with Gasteiger partial charge in [-0.2, -0.15) is 18.2 Å². The number of hydrogen-bond acceptors (Lipinski definition) is 3. The Bertz CT molecular complexity index is 1460. The van der Waals surface area contributed by atoms with Gasteiger partial charge in [0.2, 0.25) is 11.9 Å². The standard InChI is InChI=1S/C28H25F3N6O/c29-28(30,31)23-8-4-5-9-24(23)36-27(33)37-25-15-12-20(17-34-25)18-10-13-21(14-11-18)35-26(38)22(16-32)19-6-2-1-3-7-19/h1-15,17,22H,16,32H2,(H,35,38)(H3,33,34,36,37). The number of nitrogens with two attached hydrogens (primary N) is 1. The predicted octanol–water partition coefficient (Wildman–Crippen LogP) is 5.33. The van der Waals surface area contributed by atoms with E-state index in [1.807, 2.05) is 42.5 Å². The lowest BCUT2D eigenvalue weighted by Crippen LogP contribution is -2.27. The van der Waals surface area contributed by atoms with E-state index in [-0.39, 0.29) is 23.6 Å². The van der Waals surface area contributed by atoms with Crippen LogP contribution in [0.3, 0.4) is 0 Å². The SMILES string of the molecule is N=C(/N=c1/ccc(-c2ccc(NC(=O)C(CN)c3ccccc3)cc2)c[nH]1)Nc1ccccc1C(F)(F)F. The maximum atomic E-state index is 13.2. The molecule has 1 aromatic heterocycles. The molecule has 1 heterocycles. The Morgan fingerprint density at radius 1 is 0.895 bits per heavy atom. The Labute approximate surface area is 216 Å². The molecule has 1 unspecified atom stereocenters. The normalized spacial score (nSPS) is 12.6. The van der Waals surface area contributed by atoms with E-state index in [0.29, 0.717) is 5.69 Å². The van der Waals surface area contributed by atoms with Gasteiger partial charge in [-0.15, -0.1) is 0 Å². The number of amides is 1. The number of para-hydroxylation sites is 1. The van der Waals surface area contributed by atoms with Gasteiger partial charge in [-0.05, 0) is 53.1 Å². The minimum Gasteiger partial charge on any atom is -0.346 e. The highest BCUT2D eigenvalue weighted by molar-refractivity contribution is 5.96. The average molecular weight is 519 g/mol. The molecular formula is C28H25F3N6O. The number of pyridine rings is 1. The lowest BCUT2D eigenvalue weighted by atomic mass is 9.98. The van der Waals surface area contributed by atoms with Gasteiger partial charge < -0.3 is 21.4 Å². The molecule has 0 radical (unpaired) electrons. The number of carbonyl (C=O) groups excluding carboxylic acids is 1. The molecular weight excluding hydrogens is 493 g/mol. The first-order valence-electron chi connectivity index (χ1n) is 11.7. The van der Waals surface area contributed by atoms with Gasteiger partial charge in [0.05, 0.1) is 17.2 Å². The molecule has 4 aromatic rings. The zero-order valence-corrected chi connectivity index (χ0v) is 20.1. The van der Waals surface area contributed by atoms with Gasteiger partial charge in [0, 0.05) is 18.4 Å². The number of guanidine groups is 1. The van der Waals surface area contributed by atoms with E-state index in [0.717, 1.165) is 22.8 Å². The molecule has 10 heteroatoms. The van der Waals surface area contributed by atoms with Gasteiger partial charge in [0.1, 0.15) is 5.49 Å². The molecule has 1 atom stereocenters. The number of nitrogens with one attached hydrogen (secondary N) is 4. The van der Waals surface area contributed by atoms with E-state index >= 15 is 0 Å². The van der Waals surface area contributed by atoms with Crippen LogP contribution in [0, 0.1) is 5.41 Å². The first kappa shape index (κ1) is 26.4. The summed E-state index contributed by atoms with van der Waals surface area (Å²) in [5, 5.41) is 13.2. The van der Waals surface area contributed by atoms with Crippen molar-refractivity contribution in [3.8, 4) is 11.1 Å². The fourth-order valence-corrected chi connectivity index (χ4v) is 3.84. The maximum Gasteiger partial charge on any atom is 0.418 e. The lowest BCUT2D eigenvalue weighted by Gasteiger charge is -2.15. The number of H-pyrrole nitrogens is 1. The minimum absolute atomic E-state index is 0.184. The summed E-state index contributed by atoms with van der Waals surface area (Å²) in [5.74, 6) is -1.10. The molecule has 0 fully saturated rings. The van der Waals surface area contributed by atoms with E-state index in [2.05, 4.69) is 20.6 Å². The van der Waals surface area contributed by atoms with Crippen molar-refractivity contribution < 1.29 is 18.0 Å². The van der Waals surface area contributed by atoms with E-state index in [9.17, 15) is 18.0 Å². The zero-order chi connectivity index (χ0) is 27.1. The third-order valence-corrected chi connectivity index (χ3v) is 5.75. The number of aromatic amines is 1. The first-order valence-corrected chi connectivity index (χ1v) is 11.7. The third kappa shape index (κ3) is 6.54. The van der Waals surface area contributed by atoms with Crippen LogP contribution in [-0.4, -0.2) is 23.4 Å². The topological polar surface area (TPSA) is 119 Å². The molecule has 0 aliphatic rings.